The van der Waals surface area contributed by atoms with E-state index < -0.39 is 0 Å². The fourth-order valence-corrected chi connectivity index (χ4v) is 2.22. The van der Waals surface area contributed by atoms with Crippen LogP contribution >= 0.6 is 0 Å². The van der Waals surface area contributed by atoms with Gasteiger partial charge >= 0.3 is 0 Å². The summed E-state index contributed by atoms with van der Waals surface area (Å²) in [4.78, 5) is 0. The minimum absolute atomic E-state index is 0.0579. The van der Waals surface area contributed by atoms with Gasteiger partial charge in [0.25, 0.3) is 0 Å². The van der Waals surface area contributed by atoms with Crippen molar-refractivity contribution in [3.8, 4) is 5.75 Å². The lowest BCUT2D eigenvalue weighted by Gasteiger charge is -2.31. The van der Waals surface area contributed by atoms with Crippen LogP contribution in [0.1, 0.15) is 25.3 Å². The Morgan fingerprint density at radius 3 is 2.82 bits per heavy atom. The van der Waals surface area contributed by atoms with Crippen LogP contribution in [-0.4, -0.2) is 24.4 Å². The summed E-state index contributed by atoms with van der Waals surface area (Å²) >= 11 is 0. The topological polar surface area (TPSA) is 41.5 Å². The molecule has 0 bridgehead atoms. The average molecular weight is 235 g/mol. The zero-order valence-corrected chi connectivity index (χ0v) is 10.4. The van der Waals surface area contributed by atoms with Crippen LogP contribution in [-0.2, 0) is 6.54 Å². The van der Waals surface area contributed by atoms with Crippen LogP contribution in [0.15, 0.2) is 24.3 Å². The highest BCUT2D eigenvalue weighted by Crippen LogP contribution is 2.26. The second-order valence-corrected chi connectivity index (χ2v) is 4.66. The molecule has 1 aliphatic carbocycles. The SMILES string of the molecule is CCOc1ccccc1CNCC1CC(O)C1. The summed E-state index contributed by atoms with van der Waals surface area (Å²) in [7, 11) is 0. The van der Waals surface area contributed by atoms with Crippen molar-refractivity contribution in [3.63, 3.8) is 0 Å². The summed E-state index contributed by atoms with van der Waals surface area (Å²) in [5, 5.41) is 12.6. The van der Waals surface area contributed by atoms with E-state index in [0.29, 0.717) is 12.5 Å². The Hall–Kier alpha value is -1.06. The van der Waals surface area contributed by atoms with E-state index in [4.69, 9.17) is 4.74 Å². The van der Waals surface area contributed by atoms with Crippen molar-refractivity contribution in [2.75, 3.05) is 13.2 Å². The van der Waals surface area contributed by atoms with E-state index in [0.717, 1.165) is 31.7 Å². The van der Waals surface area contributed by atoms with Gasteiger partial charge < -0.3 is 15.2 Å². The van der Waals surface area contributed by atoms with Crippen LogP contribution in [0.5, 0.6) is 5.75 Å². The van der Waals surface area contributed by atoms with Crippen molar-refractivity contribution >= 4 is 0 Å². The fraction of sp³-hybridized carbons (Fsp3) is 0.571. The van der Waals surface area contributed by atoms with Gasteiger partial charge in [-0.1, -0.05) is 18.2 Å². The van der Waals surface area contributed by atoms with E-state index in [2.05, 4.69) is 11.4 Å². The number of benzene rings is 1. The van der Waals surface area contributed by atoms with E-state index in [-0.39, 0.29) is 6.10 Å². The maximum atomic E-state index is 9.20. The Labute approximate surface area is 103 Å². The Morgan fingerprint density at radius 2 is 2.12 bits per heavy atom. The van der Waals surface area contributed by atoms with Crippen molar-refractivity contribution in [1.29, 1.82) is 0 Å². The number of para-hydroxylation sites is 1. The first kappa shape index (κ1) is 12.4. The monoisotopic (exact) mass is 235 g/mol. The van der Waals surface area contributed by atoms with Crippen molar-refractivity contribution in [2.24, 2.45) is 5.92 Å². The first-order chi connectivity index (χ1) is 8.29. The molecule has 0 saturated heterocycles. The standard InChI is InChI=1S/C14H21NO2/c1-2-17-14-6-4-3-5-12(14)10-15-9-11-7-13(16)8-11/h3-6,11,13,15-16H,2,7-10H2,1H3. The van der Waals surface area contributed by atoms with Gasteiger partial charge in [-0.15, -0.1) is 0 Å². The quantitative estimate of drug-likeness (QED) is 0.792. The number of rotatable bonds is 6. The van der Waals surface area contributed by atoms with E-state index in [9.17, 15) is 5.11 Å². The van der Waals surface area contributed by atoms with Crippen molar-refractivity contribution < 1.29 is 9.84 Å². The molecular formula is C14H21NO2. The van der Waals surface area contributed by atoms with Gasteiger partial charge in [-0.25, -0.2) is 0 Å². The molecule has 1 fully saturated rings. The summed E-state index contributed by atoms with van der Waals surface area (Å²) in [5.74, 6) is 1.61. The molecule has 0 aromatic heterocycles. The Morgan fingerprint density at radius 1 is 1.35 bits per heavy atom. The van der Waals surface area contributed by atoms with Crippen molar-refractivity contribution in [1.82, 2.24) is 5.32 Å². The van der Waals surface area contributed by atoms with Crippen LogP contribution in [0.4, 0.5) is 0 Å². The van der Waals surface area contributed by atoms with E-state index >= 15 is 0 Å². The molecule has 1 saturated carbocycles. The minimum atomic E-state index is -0.0579. The highest BCUT2D eigenvalue weighted by atomic mass is 16.5. The molecule has 17 heavy (non-hydrogen) atoms. The van der Waals surface area contributed by atoms with Crippen LogP contribution in [0.3, 0.4) is 0 Å². The van der Waals surface area contributed by atoms with Crippen molar-refractivity contribution in [3.05, 3.63) is 29.8 Å². The zero-order chi connectivity index (χ0) is 12.1. The molecule has 2 N–H and O–H groups in total. The predicted molar refractivity (Wildman–Crippen MR) is 68.0 cm³/mol. The Bertz CT molecular complexity index is 348. The largest absolute Gasteiger partial charge is 0.494 e. The van der Waals surface area contributed by atoms with E-state index in [1.54, 1.807) is 0 Å². The summed E-state index contributed by atoms with van der Waals surface area (Å²) in [6.07, 6.45) is 1.83. The number of ether oxygens (including phenoxy) is 1. The molecule has 1 aromatic carbocycles. The number of aliphatic hydroxyl groups is 1. The van der Waals surface area contributed by atoms with Gasteiger partial charge in [0.15, 0.2) is 0 Å². The van der Waals surface area contributed by atoms with Crippen LogP contribution < -0.4 is 10.1 Å². The van der Waals surface area contributed by atoms with E-state index in [1.807, 2.05) is 25.1 Å². The number of hydrogen-bond acceptors (Lipinski definition) is 3. The predicted octanol–water partition coefficient (Wildman–Crippen LogP) is 1.95. The molecule has 0 heterocycles. The molecular weight excluding hydrogens is 214 g/mol. The molecule has 3 heteroatoms. The first-order valence-electron chi connectivity index (χ1n) is 6.39. The Balaban J connectivity index is 1.77. The molecule has 0 aliphatic heterocycles. The smallest absolute Gasteiger partial charge is 0.123 e. The van der Waals surface area contributed by atoms with Crippen LogP contribution in [0, 0.1) is 5.92 Å². The average Bonchev–Trinajstić information content (AvgIpc) is 2.29. The highest BCUT2D eigenvalue weighted by molar-refractivity contribution is 5.33. The summed E-state index contributed by atoms with van der Waals surface area (Å²) in [6, 6.07) is 8.13. The van der Waals surface area contributed by atoms with E-state index in [1.165, 1.54) is 5.56 Å². The molecule has 0 radical (unpaired) electrons. The van der Waals surface area contributed by atoms with Gasteiger partial charge in [-0.05, 0) is 38.3 Å². The van der Waals surface area contributed by atoms with Gasteiger partial charge in [0.2, 0.25) is 0 Å². The second kappa shape index (κ2) is 6.03. The number of nitrogens with one attached hydrogen (secondary N) is 1. The molecule has 2 rings (SSSR count). The Kier molecular flexibility index (Phi) is 4.40. The van der Waals surface area contributed by atoms with Gasteiger partial charge in [0.1, 0.15) is 5.75 Å². The normalized spacial score (nSPS) is 23.2. The molecule has 0 amide bonds. The van der Waals surface area contributed by atoms with Gasteiger partial charge in [-0.3, -0.25) is 0 Å². The molecule has 1 aliphatic rings. The van der Waals surface area contributed by atoms with Gasteiger partial charge in [0.05, 0.1) is 12.7 Å². The van der Waals surface area contributed by atoms with Crippen molar-refractivity contribution in [2.45, 2.75) is 32.4 Å². The highest BCUT2D eigenvalue weighted by Gasteiger charge is 2.26. The third-order valence-electron chi connectivity index (χ3n) is 3.23. The first-order valence-corrected chi connectivity index (χ1v) is 6.39. The van der Waals surface area contributed by atoms with Gasteiger partial charge in [0, 0.05) is 12.1 Å². The van der Waals surface area contributed by atoms with Crippen LogP contribution in [0.2, 0.25) is 0 Å². The molecule has 1 aromatic rings. The lowest BCUT2D eigenvalue weighted by molar-refractivity contribution is 0.0429. The fourth-order valence-electron chi connectivity index (χ4n) is 2.22. The molecule has 94 valence electrons. The van der Waals surface area contributed by atoms with Crippen LogP contribution in [0.25, 0.3) is 0 Å². The summed E-state index contributed by atoms with van der Waals surface area (Å²) in [5.41, 5.74) is 1.20. The third-order valence-corrected chi connectivity index (χ3v) is 3.23. The molecule has 0 atom stereocenters. The minimum Gasteiger partial charge on any atom is -0.494 e. The molecule has 0 unspecified atom stereocenters. The third kappa shape index (κ3) is 3.45. The summed E-state index contributed by atoms with van der Waals surface area (Å²) < 4.78 is 5.57. The summed E-state index contributed by atoms with van der Waals surface area (Å²) in [6.45, 7) is 4.52. The maximum Gasteiger partial charge on any atom is 0.123 e. The molecule has 0 spiro atoms. The number of aliphatic hydroxyl groups excluding tert-OH is 1. The zero-order valence-electron chi connectivity index (χ0n) is 10.4. The van der Waals surface area contributed by atoms with Gasteiger partial charge in [-0.2, -0.15) is 0 Å². The molecule has 3 nitrogen and oxygen atoms in total. The number of hydrogen-bond donors (Lipinski definition) is 2. The maximum absolute atomic E-state index is 9.20. The lowest BCUT2D eigenvalue weighted by Crippen LogP contribution is -2.35. The second-order valence-electron chi connectivity index (χ2n) is 4.66. The lowest BCUT2D eigenvalue weighted by atomic mass is 9.82.